The van der Waals surface area contributed by atoms with Crippen LogP contribution in [0.5, 0.6) is 11.6 Å². The van der Waals surface area contributed by atoms with E-state index in [-0.39, 0.29) is 17.4 Å². The zero-order valence-corrected chi connectivity index (χ0v) is 8.98. The Morgan fingerprint density at radius 2 is 1.67 bits per heavy atom. The van der Waals surface area contributed by atoms with E-state index >= 15 is 0 Å². The molecule has 0 bridgehead atoms. The average Bonchev–Trinajstić information content (AvgIpc) is 2.32. The number of nitrogens with two attached hydrogens (primary N) is 1. The fraction of sp³-hybridized carbons (Fsp3) is 0.0909. The highest BCUT2D eigenvalue weighted by Crippen LogP contribution is 2.30. The van der Waals surface area contributed by atoms with E-state index in [1.165, 1.54) is 24.5 Å². The summed E-state index contributed by atoms with van der Waals surface area (Å²) in [6, 6.07) is 4.28. The van der Waals surface area contributed by atoms with Crippen LogP contribution in [0.3, 0.4) is 0 Å². The van der Waals surface area contributed by atoms with E-state index in [1.54, 1.807) is 0 Å². The number of halogens is 3. The van der Waals surface area contributed by atoms with E-state index in [2.05, 4.69) is 9.97 Å². The van der Waals surface area contributed by atoms with Gasteiger partial charge < -0.3 is 10.5 Å². The Morgan fingerprint density at radius 3 is 2.17 bits per heavy atom. The molecule has 1 aromatic carbocycles. The first-order valence-corrected chi connectivity index (χ1v) is 4.88. The van der Waals surface area contributed by atoms with Gasteiger partial charge in [-0.3, -0.25) is 0 Å². The number of benzene rings is 1. The third-order valence-corrected chi connectivity index (χ3v) is 2.05. The van der Waals surface area contributed by atoms with Gasteiger partial charge in [0.2, 0.25) is 5.88 Å². The van der Waals surface area contributed by atoms with Crippen LogP contribution in [0, 0.1) is 0 Å². The van der Waals surface area contributed by atoms with E-state index in [9.17, 15) is 13.2 Å². The summed E-state index contributed by atoms with van der Waals surface area (Å²) in [6.07, 6.45) is -1.79. The van der Waals surface area contributed by atoms with Crippen LogP contribution in [0.4, 0.5) is 19.0 Å². The normalized spacial score (nSPS) is 11.3. The maximum Gasteiger partial charge on any atom is 0.416 e. The molecule has 4 nitrogen and oxygen atoms in total. The van der Waals surface area contributed by atoms with Crippen LogP contribution in [-0.4, -0.2) is 9.97 Å². The third-order valence-electron chi connectivity index (χ3n) is 2.05. The van der Waals surface area contributed by atoms with Crippen LogP contribution in [0.25, 0.3) is 0 Å². The number of rotatable bonds is 2. The average molecular weight is 255 g/mol. The van der Waals surface area contributed by atoms with Crippen LogP contribution >= 0.6 is 0 Å². The molecule has 0 spiro atoms. The van der Waals surface area contributed by atoms with Crippen molar-refractivity contribution in [2.45, 2.75) is 6.18 Å². The number of ether oxygens (including phenoxy) is 1. The summed E-state index contributed by atoms with van der Waals surface area (Å²) < 4.78 is 42.1. The molecule has 94 valence electrons. The number of alkyl halides is 3. The van der Waals surface area contributed by atoms with Crippen LogP contribution in [0.1, 0.15) is 5.56 Å². The highest BCUT2D eigenvalue weighted by Gasteiger charge is 2.30. The molecule has 2 rings (SSSR count). The number of hydrogen-bond donors (Lipinski definition) is 1. The maximum atomic E-state index is 12.3. The van der Waals surface area contributed by atoms with E-state index < -0.39 is 11.7 Å². The van der Waals surface area contributed by atoms with Gasteiger partial charge in [-0.25, -0.2) is 9.97 Å². The van der Waals surface area contributed by atoms with Gasteiger partial charge in [0.15, 0.2) is 0 Å². The summed E-state index contributed by atoms with van der Waals surface area (Å²) in [6.45, 7) is 0. The van der Waals surface area contributed by atoms with Gasteiger partial charge in [0.05, 0.1) is 18.0 Å². The number of anilines is 1. The predicted octanol–water partition coefficient (Wildman–Crippen LogP) is 2.87. The lowest BCUT2D eigenvalue weighted by Crippen LogP contribution is -2.04. The lowest BCUT2D eigenvalue weighted by molar-refractivity contribution is -0.137. The Kier molecular flexibility index (Phi) is 3.05. The summed E-state index contributed by atoms with van der Waals surface area (Å²) in [5.74, 6) is 0.626. The van der Waals surface area contributed by atoms with Gasteiger partial charge in [-0.05, 0) is 24.3 Å². The van der Waals surface area contributed by atoms with E-state index in [1.807, 2.05) is 0 Å². The van der Waals surface area contributed by atoms with Gasteiger partial charge in [-0.2, -0.15) is 13.2 Å². The zero-order chi connectivity index (χ0) is 13.2. The van der Waals surface area contributed by atoms with Gasteiger partial charge in [0.1, 0.15) is 11.6 Å². The molecular weight excluding hydrogens is 247 g/mol. The molecule has 1 heterocycles. The molecule has 0 atom stereocenters. The van der Waals surface area contributed by atoms with Gasteiger partial charge in [0, 0.05) is 0 Å². The molecule has 7 heteroatoms. The van der Waals surface area contributed by atoms with Gasteiger partial charge >= 0.3 is 6.18 Å². The first kappa shape index (κ1) is 12.2. The summed E-state index contributed by atoms with van der Waals surface area (Å²) in [4.78, 5) is 7.56. The Hall–Kier alpha value is -2.31. The second kappa shape index (κ2) is 4.52. The highest BCUT2D eigenvalue weighted by atomic mass is 19.4. The Balaban J connectivity index is 2.13. The quantitative estimate of drug-likeness (QED) is 0.896. The third kappa shape index (κ3) is 2.88. The van der Waals surface area contributed by atoms with Crippen molar-refractivity contribution in [3.05, 3.63) is 42.2 Å². The Labute approximate surface area is 100 Å². The summed E-state index contributed by atoms with van der Waals surface area (Å²) in [5, 5.41) is 0. The second-order valence-corrected chi connectivity index (χ2v) is 3.40. The van der Waals surface area contributed by atoms with Crippen LogP contribution in [0.15, 0.2) is 36.7 Å². The zero-order valence-electron chi connectivity index (χ0n) is 8.98. The van der Waals surface area contributed by atoms with Crippen molar-refractivity contribution in [1.82, 2.24) is 9.97 Å². The minimum Gasteiger partial charge on any atom is -0.438 e. The predicted molar refractivity (Wildman–Crippen MR) is 58.0 cm³/mol. The van der Waals surface area contributed by atoms with Crippen molar-refractivity contribution in [1.29, 1.82) is 0 Å². The minimum atomic E-state index is -4.36. The molecule has 0 fully saturated rings. The molecule has 1 aromatic heterocycles. The maximum absolute atomic E-state index is 12.3. The lowest BCUT2D eigenvalue weighted by atomic mass is 10.2. The molecule has 0 aliphatic rings. The Morgan fingerprint density at radius 1 is 1.00 bits per heavy atom. The fourth-order valence-electron chi connectivity index (χ4n) is 1.21. The molecular formula is C11H8F3N3O. The van der Waals surface area contributed by atoms with Gasteiger partial charge in [-0.1, -0.05) is 0 Å². The molecule has 0 aliphatic carbocycles. The van der Waals surface area contributed by atoms with Crippen molar-refractivity contribution in [2.75, 3.05) is 5.73 Å². The van der Waals surface area contributed by atoms with E-state index in [0.29, 0.717) is 0 Å². The van der Waals surface area contributed by atoms with Crippen molar-refractivity contribution >= 4 is 5.82 Å². The lowest BCUT2D eigenvalue weighted by Gasteiger charge is -2.08. The number of hydrogen-bond acceptors (Lipinski definition) is 4. The van der Waals surface area contributed by atoms with Crippen molar-refractivity contribution in [3.8, 4) is 11.6 Å². The van der Waals surface area contributed by atoms with E-state index in [0.717, 1.165) is 12.1 Å². The summed E-state index contributed by atoms with van der Waals surface area (Å²) >= 11 is 0. The first-order chi connectivity index (χ1) is 8.45. The van der Waals surface area contributed by atoms with Crippen molar-refractivity contribution in [3.63, 3.8) is 0 Å². The highest BCUT2D eigenvalue weighted by molar-refractivity contribution is 5.32. The molecule has 0 saturated heterocycles. The number of aromatic nitrogens is 2. The molecule has 2 N–H and O–H groups in total. The second-order valence-electron chi connectivity index (χ2n) is 3.40. The molecule has 2 aromatic rings. The van der Waals surface area contributed by atoms with Gasteiger partial charge in [0.25, 0.3) is 0 Å². The van der Waals surface area contributed by atoms with Crippen LogP contribution < -0.4 is 10.5 Å². The molecule has 0 unspecified atom stereocenters. The summed E-state index contributed by atoms with van der Waals surface area (Å²) in [5.41, 5.74) is 4.60. The largest absolute Gasteiger partial charge is 0.438 e. The molecule has 0 aliphatic heterocycles. The summed E-state index contributed by atoms with van der Waals surface area (Å²) in [7, 11) is 0. The van der Waals surface area contributed by atoms with Crippen molar-refractivity contribution in [2.24, 2.45) is 0 Å². The first-order valence-electron chi connectivity index (χ1n) is 4.88. The van der Waals surface area contributed by atoms with Crippen LogP contribution in [-0.2, 0) is 6.18 Å². The fourth-order valence-corrected chi connectivity index (χ4v) is 1.21. The minimum absolute atomic E-state index is 0.156. The van der Waals surface area contributed by atoms with E-state index in [4.69, 9.17) is 10.5 Å². The smallest absolute Gasteiger partial charge is 0.416 e. The number of nitrogen functional groups attached to an aromatic ring is 1. The van der Waals surface area contributed by atoms with Crippen molar-refractivity contribution < 1.29 is 17.9 Å². The van der Waals surface area contributed by atoms with Crippen LogP contribution in [0.2, 0.25) is 0 Å². The number of nitrogens with zero attached hydrogens (tertiary/aromatic N) is 2. The molecule has 18 heavy (non-hydrogen) atoms. The Bertz CT molecular complexity index is 523. The molecule has 0 radical (unpaired) electrons. The monoisotopic (exact) mass is 255 g/mol. The standard InChI is InChI=1S/C11H8F3N3O/c12-11(13,14)7-1-3-8(4-2-7)18-10-6-16-9(15)5-17-10/h1-6H,(H2,15,16). The SMILES string of the molecule is Nc1cnc(Oc2ccc(C(F)(F)F)cc2)cn1. The van der Waals surface area contributed by atoms with Gasteiger partial charge in [-0.15, -0.1) is 0 Å². The molecule has 0 amide bonds. The molecule has 0 saturated carbocycles. The topological polar surface area (TPSA) is 61.0 Å².